The summed E-state index contributed by atoms with van der Waals surface area (Å²) in [6.45, 7) is 1.94. The Labute approximate surface area is 115 Å². The molecule has 1 fully saturated rings. The van der Waals surface area contributed by atoms with Crippen molar-refractivity contribution < 1.29 is 29.7 Å². The predicted octanol–water partition coefficient (Wildman–Crippen LogP) is -1.84. The van der Waals surface area contributed by atoms with E-state index in [2.05, 4.69) is 5.32 Å². The van der Waals surface area contributed by atoms with Crippen molar-refractivity contribution in [3.8, 4) is 0 Å². The van der Waals surface area contributed by atoms with Crippen LogP contribution in [0.3, 0.4) is 0 Å². The fourth-order valence-electron chi connectivity index (χ4n) is 2.42. The molecule has 0 bridgehead atoms. The van der Waals surface area contributed by atoms with Gasteiger partial charge in [0.05, 0.1) is 26.3 Å². The van der Waals surface area contributed by atoms with Gasteiger partial charge in [0.2, 0.25) is 0 Å². The fourth-order valence-corrected chi connectivity index (χ4v) is 2.42. The number of nitrogens with one attached hydrogen (secondary N) is 1. The fraction of sp³-hybridized carbons (Fsp3) is 0.727. The number of carboxylic acid groups (broad SMARTS) is 3. The van der Waals surface area contributed by atoms with Crippen molar-refractivity contribution in [1.82, 2.24) is 15.1 Å². The van der Waals surface area contributed by atoms with E-state index in [0.29, 0.717) is 13.1 Å². The number of hydrogen-bond donors (Lipinski definition) is 4. The molecular weight excluding hydrogens is 270 g/mol. The lowest BCUT2D eigenvalue weighted by atomic mass is 9.98. The molecular formula is C11H19N3O6. The quantitative estimate of drug-likeness (QED) is 0.427. The van der Waals surface area contributed by atoms with Crippen LogP contribution in [-0.4, -0.2) is 88.0 Å². The maximum Gasteiger partial charge on any atom is 0.317 e. The molecule has 1 rings (SSSR count). The summed E-state index contributed by atoms with van der Waals surface area (Å²) >= 11 is 0. The van der Waals surface area contributed by atoms with Gasteiger partial charge >= 0.3 is 17.9 Å². The van der Waals surface area contributed by atoms with Crippen LogP contribution in [-0.2, 0) is 14.4 Å². The van der Waals surface area contributed by atoms with Crippen LogP contribution in [0, 0.1) is 0 Å². The smallest absolute Gasteiger partial charge is 0.317 e. The normalized spacial score (nSPS) is 19.6. The molecule has 0 aromatic heterocycles. The van der Waals surface area contributed by atoms with Crippen LogP contribution in [0.5, 0.6) is 0 Å². The van der Waals surface area contributed by atoms with Crippen LogP contribution in [0.2, 0.25) is 0 Å². The van der Waals surface area contributed by atoms with E-state index in [1.54, 1.807) is 16.7 Å². The molecule has 4 N–H and O–H groups in total. The van der Waals surface area contributed by atoms with Crippen molar-refractivity contribution in [3.05, 3.63) is 0 Å². The van der Waals surface area contributed by atoms with Crippen molar-refractivity contribution in [3.63, 3.8) is 0 Å². The highest BCUT2D eigenvalue weighted by molar-refractivity contribution is 5.70. The molecule has 0 spiro atoms. The Bertz CT molecular complexity index is 376. The topological polar surface area (TPSA) is 130 Å². The van der Waals surface area contributed by atoms with E-state index in [1.165, 1.54) is 0 Å². The molecule has 1 aliphatic rings. The van der Waals surface area contributed by atoms with Gasteiger partial charge in [0, 0.05) is 18.6 Å². The number of aliphatic carboxylic acids is 3. The Kier molecular flexibility index (Phi) is 5.43. The van der Waals surface area contributed by atoms with Crippen LogP contribution >= 0.6 is 0 Å². The summed E-state index contributed by atoms with van der Waals surface area (Å²) in [6, 6.07) is 0. The van der Waals surface area contributed by atoms with Crippen LogP contribution in [0.1, 0.15) is 6.92 Å². The van der Waals surface area contributed by atoms with Gasteiger partial charge in [-0.15, -0.1) is 0 Å². The average molecular weight is 289 g/mol. The zero-order valence-corrected chi connectivity index (χ0v) is 11.2. The second-order valence-corrected chi connectivity index (χ2v) is 5.21. The number of carboxylic acids is 3. The number of carbonyl (C=O) groups is 3. The van der Waals surface area contributed by atoms with Gasteiger partial charge in [-0.3, -0.25) is 29.5 Å². The molecule has 9 nitrogen and oxygen atoms in total. The van der Waals surface area contributed by atoms with E-state index in [1.807, 2.05) is 0 Å². The summed E-state index contributed by atoms with van der Waals surface area (Å²) in [7, 11) is 0. The van der Waals surface area contributed by atoms with E-state index in [0.717, 1.165) is 0 Å². The Morgan fingerprint density at radius 2 is 1.45 bits per heavy atom. The molecule has 1 saturated heterocycles. The number of nitrogens with zero attached hydrogens (tertiary/aromatic N) is 2. The molecule has 0 aromatic carbocycles. The van der Waals surface area contributed by atoms with Crippen molar-refractivity contribution in [1.29, 1.82) is 0 Å². The molecule has 0 amide bonds. The minimum Gasteiger partial charge on any atom is -0.480 e. The highest BCUT2D eigenvalue weighted by Crippen LogP contribution is 2.16. The lowest BCUT2D eigenvalue weighted by Gasteiger charge is -2.45. The van der Waals surface area contributed by atoms with Gasteiger partial charge < -0.3 is 15.3 Å². The summed E-state index contributed by atoms with van der Waals surface area (Å²) in [5.74, 6) is -3.04. The van der Waals surface area contributed by atoms with Gasteiger partial charge in [-0.2, -0.15) is 0 Å². The largest absolute Gasteiger partial charge is 0.480 e. The van der Waals surface area contributed by atoms with E-state index in [-0.39, 0.29) is 26.3 Å². The van der Waals surface area contributed by atoms with E-state index in [4.69, 9.17) is 15.3 Å². The maximum absolute atomic E-state index is 10.8. The minimum absolute atomic E-state index is 0.222. The van der Waals surface area contributed by atoms with Gasteiger partial charge in [0.15, 0.2) is 0 Å². The van der Waals surface area contributed by atoms with Crippen molar-refractivity contribution in [2.75, 3.05) is 39.4 Å². The zero-order valence-electron chi connectivity index (χ0n) is 11.2. The van der Waals surface area contributed by atoms with Crippen molar-refractivity contribution in [2.24, 2.45) is 0 Å². The molecule has 0 saturated carbocycles. The molecule has 20 heavy (non-hydrogen) atoms. The van der Waals surface area contributed by atoms with Gasteiger partial charge in [-0.1, -0.05) is 0 Å². The molecule has 0 unspecified atom stereocenters. The first kappa shape index (κ1) is 16.3. The van der Waals surface area contributed by atoms with Crippen LogP contribution in [0.25, 0.3) is 0 Å². The third-order valence-electron chi connectivity index (χ3n) is 2.93. The zero-order chi connectivity index (χ0) is 15.3. The van der Waals surface area contributed by atoms with Gasteiger partial charge in [0.25, 0.3) is 0 Å². The molecule has 0 aliphatic carbocycles. The third-order valence-corrected chi connectivity index (χ3v) is 2.93. The molecule has 0 aromatic rings. The van der Waals surface area contributed by atoms with Gasteiger partial charge in [-0.05, 0) is 6.92 Å². The summed E-state index contributed by atoms with van der Waals surface area (Å²) in [5, 5.41) is 29.2. The summed E-state index contributed by atoms with van der Waals surface area (Å²) in [4.78, 5) is 35.3. The van der Waals surface area contributed by atoms with E-state index >= 15 is 0 Å². The number of hydrogen-bond acceptors (Lipinski definition) is 6. The first-order valence-corrected chi connectivity index (χ1v) is 6.05. The first-order valence-electron chi connectivity index (χ1n) is 6.05. The maximum atomic E-state index is 10.8. The lowest BCUT2D eigenvalue weighted by Crippen LogP contribution is -2.65. The molecule has 9 heteroatoms. The van der Waals surface area contributed by atoms with Crippen LogP contribution in [0.15, 0.2) is 0 Å². The Balaban J connectivity index is 2.74. The summed E-state index contributed by atoms with van der Waals surface area (Å²) < 4.78 is 0. The first-order chi connectivity index (χ1) is 9.20. The SMILES string of the molecule is CC1(NCC(=O)O)CN(CC(=O)O)CN(CC(=O)O)C1. The molecule has 114 valence electrons. The van der Waals surface area contributed by atoms with Gasteiger partial charge in [0.1, 0.15) is 0 Å². The highest BCUT2D eigenvalue weighted by Gasteiger charge is 2.36. The Morgan fingerprint density at radius 3 is 1.80 bits per heavy atom. The Morgan fingerprint density at radius 1 is 1.00 bits per heavy atom. The minimum atomic E-state index is -1.02. The van der Waals surface area contributed by atoms with Crippen molar-refractivity contribution >= 4 is 17.9 Å². The third kappa shape index (κ3) is 5.51. The molecule has 1 aliphatic heterocycles. The molecule has 1 heterocycles. The lowest BCUT2D eigenvalue weighted by molar-refractivity contribution is -0.143. The molecule has 0 radical (unpaired) electrons. The Hall–Kier alpha value is -1.71. The summed E-state index contributed by atoms with van der Waals surface area (Å²) in [6.07, 6.45) is 0. The second-order valence-electron chi connectivity index (χ2n) is 5.21. The van der Waals surface area contributed by atoms with E-state index < -0.39 is 23.4 Å². The predicted molar refractivity (Wildman–Crippen MR) is 67.3 cm³/mol. The molecule has 0 atom stereocenters. The number of rotatable bonds is 7. The highest BCUT2D eigenvalue weighted by atomic mass is 16.4. The second kappa shape index (κ2) is 6.64. The monoisotopic (exact) mass is 289 g/mol. The van der Waals surface area contributed by atoms with Gasteiger partial charge in [-0.25, -0.2) is 0 Å². The van der Waals surface area contributed by atoms with Crippen molar-refractivity contribution in [2.45, 2.75) is 12.5 Å². The van der Waals surface area contributed by atoms with Crippen LogP contribution in [0.4, 0.5) is 0 Å². The van der Waals surface area contributed by atoms with E-state index in [9.17, 15) is 14.4 Å². The summed E-state index contributed by atoms with van der Waals surface area (Å²) in [5.41, 5.74) is -0.679. The van der Waals surface area contributed by atoms with Crippen LogP contribution < -0.4 is 5.32 Å². The average Bonchev–Trinajstić information content (AvgIpc) is 2.23. The standard InChI is InChI=1S/C11H19N3O6/c1-11(12-2-8(15)16)5-13(3-9(17)18)7-14(6-11)4-10(19)20/h12H,2-7H2,1H3,(H,15,16)(H,17,18)(H,19,20).